The summed E-state index contributed by atoms with van der Waals surface area (Å²) >= 11 is 0. The zero-order chi connectivity index (χ0) is 15.8. The minimum Gasteiger partial charge on any atom is -0.475 e. The molecular weight excluding hydrogens is 266 g/mol. The molecule has 118 valence electrons. The molecule has 0 saturated carbocycles. The lowest BCUT2D eigenvalue weighted by Gasteiger charge is -2.23. The fourth-order valence-electron chi connectivity index (χ4n) is 2.05. The van der Waals surface area contributed by atoms with Crippen LogP contribution < -0.4 is 10.1 Å². The highest BCUT2D eigenvalue weighted by Crippen LogP contribution is 2.15. The van der Waals surface area contributed by atoms with Gasteiger partial charge in [-0.15, -0.1) is 0 Å². The predicted molar refractivity (Wildman–Crippen MR) is 84.2 cm³/mol. The Morgan fingerprint density at radius 3 is 2.57 bits per heavy atom. The molecule has 1 amide bonds. The fourth-order valence-corrected chi connectivity index (χ4v) is 2.05. The van der Waals surface area contributed by atoms with E-state index in [1.165, 1.54) is 0 Å². The molecule has 0 aromatic carbocycles. The molecule has 5 heteroatoms. The molecule has 0 aliphatic rings. The van der Waals surface area contributed by atoms with Crippen LogP contribution in [-0.4, -0.2) is 41.0 Å². The maximum Gasteiger partial charge on any atom is 0.239 e. The fraction of sp³-hybridized carbons (Fsp3) is 0.625. The van der Waals surface area contributed by atoms with E-state index < -0.39 is 0 Å². The van der Waals surface area contributed by atoms with Crippen LogP contribution in [0.5, 0.6) is 5.88 Å². The average Bonchev–Trinajstić information content (AvgIpc) is 2.46. The smallest absolute Gasteiger partial charge is 0.239 e. The van der Waals surface area contributed by atoms with E-state index in [2.05, 4.69) is 10.3 Å². The van der Waals surface area contributed by atoms with Gasteiger partial charge in [-0.3, -0.25) is 4.79 Å². The minimum atomic E-state index is -0.225. The van der Waals surface area contributed by atoms with Crippen LogP contribution in [-0.2, 0) is 11.3 Å². The first kappa shape index (κ1) is 17.4. The lowest BCUT2D eigenvalue weighted by Crippen LogP contribution is -2.44. The molecule has 1 unspecified atom stereocenters. The normalized spacial score (nSPS) is 12.3. The summed E-state index contributed by atoms with van der Waals surface area (Å²) in [6.45, 7) is 11.8. The summed E-state index contributed by atoms with van der Waals surface area (Å²) in [5, 5.41) is 3.25. The zero-order valence-corrected chi connectivity index (χ0v) is 13.7. The Labute approximate surface area is 127 Å². The third-order valence-corrected chi connectivity index (χ3v) is 3.24. The third kappa shape index (κ3) is 5.34. The number of aromatic nitrogens is 1. The molecule has 1 aromatic rings. The largest absolute Gasteiger partial charge is 0.475 e. The minimum absolute atomic E-state index is 0.0772. The summed E-state index contributed by atoms with van der Waals surface area (Å²) in [5.41, 5.74) is 0.963. The molecule has 0 aliphatic heterocycles. The molecule has 1 aromatic heterocycles. The summed E-state index contributed by atoms with van der Waals surface area (Å²) in [6, 6.07) is 3.62. The molecular formula is C16H27N3O2. The van der Waals surface area contributed by atoms with Crippen molar-refractivity contribution in [2.45, 2.75) is 53.3 Å². The molecule has 0 saturated heterocycles. The van der Waals surface area contributed by atoms with Crippen LogP contribution in [0.3, 0.4) is 0 Å². The van der Waals surface area contributed by atoms with Gasteiger partial charge >= 0.3 is 0 Å². The lowest BCUT2D eigenvalue weighted by molar-refractivity contribution is -0.132. The number of likely N-dealkylation sites (N-methyl/N-ethyl adjacent to an activating group) is 1. The van der Waals surface area contributed by atoms with E-state index in [1.807, 2.05) is 51.7 Å². The van der Waals surface area contributed by atoms with Crippen LogP contribution in [0.15, 0.2) is 18.3 Å². The first-order valence-electron chi connectivity index (χ1n) is 7.62. The van der Waals surface area contributed by atoms with Crippen LogP contribution in [0.25, 0.3) is 0 Å². The number of nitrogens with one attached hydrogen (secondary N) is 1. The van der Waals surface area contributed by atoms with Crippen molar-refractivity contribution in [1.29, 1.82) is 0 Å². The van der Waals surface area contributed by atoms with Crippen molar-refractivity contribution in [3.05, 3.63) is 23.9 Å². The molecule has 1 rings (SSSR count). The Kier molecular flexibility index (Phi) is 7.15. The van der Waals surface area contributed by atoms with Crippen molar-refractivity contribution in [3.8, 4) is 5.88 Å². The highest BCUT2D eigenvalue weighted by atomic mass is 16.5. The van der Waals surface area contributed by atoms with E-state index in [-0.39, 0.29) is 18.1 Å². The molecule has 0 radical (unpaired) electrons. The number of carbonyl (C=O) groups excluding carboxylic acids is 1. The molecule has 0 spiro atoms. The van der Waals surface area contributed by atoms with E-state index in [4.69, 9.17) is 4.74 Å². The second-order valence-corrected chi connectivity index (χ2v) is 5.25. The SMILES string of the molecule is CCN(CC)C(=O)C(C)NCc1cccnc1OC(C)C. The number of pyridine rings is 1. The number of nitrogens with zero attached hydrogens (tertiary/aromatic N) is 2. The third-order valence-electron chi connectivity index (χ3n) is 3.24. The Balaban J connectivity index is 2.64. The quantitative estimate of drug-likeness (QED) is 0.798. The van der Waals surface area contributed by atoms with E-state index in [0.717, 1.165) is 18.7 Å². The van der Waals surface area contributed by atoms with Gasteiger partial charge in [-0.25, -0.2) is 4.98 Å². The van der Waals surface area contributed by atoms with Crippen LogP contribution in [0, 0.1) is 0 Å². The van der Waals surface area contributed by atoms with Crippen LogP contribution in [0.4, 0.5) is 0 Å². The van der Waals surface area contributed by atoms with Gasteiger partial charge in [0.15, 0.2) is 0 Å². The van der Waals surface area contributed by atoms with Gasteiger partial charge in [0.05, 0.1) is 12.1 Å². The van der Waals surface area contributed by atoms with E-state index in [9.17, 15) is 4.79 Å². The summed E-state index contributed by atoms with van der Waals surface area (Å²) in [5.74, 6) is 0.748. The maximum absolute atomic E-state index is 12.2. The first-order chi connectivity index (χ1) is 9.99. The van der Waals surface area contributed by atoms with E-state index in [0.29, 0.717) is 12.4 Å². The summed E-state index contributed by atoms with van der Waals surface area (Å²) < 4.78 is 5.68. The summed E-state index contributed by atoms with van der Waals surface area (Å²) in [4.78, 5) is 18.3. The Hall–Kier alpha value is -1.62. The highest BCUT2D eigenvalue weighted by molar-refractivity contribution is 5.81. The van der Waals surface area contributed by atoms with E-state index >= 15 is 0 Å². The standard InChI is InChI=1S/C16H27N3O2/c1-6-19(7-2)16(20)13(5)18-11-14-9-8-10-17-15(14)21-12(3)4/h8-10,12-13,18H,6-7,11H2,1-5H3. The second-order valence-electron chi connectivity index (χ2n) is 5.25. The molecule has 5 nitrogen and oxygen atoms in total. The van der Waals surface area contributed by atoms with E-state index in [1.54, 1.807) is 6.20 Å². The van der Waals surface area contributed by atoms with Gasteiger partial charge in [0.25, 0.3) is 0 Å². The van der Waals surface area contributed by atoms with Gasteiger partial charge in [0.1, 0.15) is 0 Å². The van der Waals surface area contributed by atoms with Gasteiger partial charge < -0.3 is 15.0 Å². The van der Waals surface area contributed by atoms with Crippen LogP contribution in [0.1, 0.15) is 40.2 Å². The topological polar surface area (TPSA) is 54.5 Å². The molecule has 0 fully saturated rings. The second kappa shape index (κ2) is 8.62. The van der Waals surface area contributed by atoms with Gasteiger partial charge in [0.2, 0.25) is 11.8 Å². The number of hydrogen-bond acceptors (Lipinski definition) is 4. The monoisotopic (exact) mass is 293 g/mol. The Morgan fingerprint density at radius 1 is 1.33 bits per heavy atom. The highest BCUT2D eigenvalue weighted by Gasteiger charge is 2.18. The zero-order valence-electron chi connectivity index (χ0n) is 13.7. The Morgan fingerprint density at radius 2 is 2.00 bits per heavy atom. The van der Waals surface area contributed by atoms with Crippen molar-refractivity contribution < 1.29 is 9.53 Å². The van der Waals surface area contributed by atoms with Gasteiger partial charge in [-0.05, 0) is 40.7 Å². The van der Waals surface area contributed by atoms with Gasteiger partial charge in [0, 0.05) is 31.4 Å². The number of amides is 1. The summed E-state index contributed by atoms with van der Waals surface area (Å²) in [7, 11) is 0. The van der Waals surface area contributed by atoms with Crippen molar-refractivity contribution in [3.63, 3.8) is 0 Å². The number of rotatable bonds is 8. The molecule has 0 aliphatic carbocycles. The average molecular weight is 293 g/mol. The lowest BCUT2D eigenvalue weighted by atomic mass is 10.2. The molecule has 21 heavy (non-hydrogen) atoms. The number of carbonyl (C=O) groups is 1. The number of hydrogen-bond donors (Lipinski definition) is 1. The molecule has 1 atom stereocenters. The summed E-state index contributed by atoms with van der Waals surface area (Å²) in [6.07, 6.45) is 1.79. The van der Waals surface area contributed by atoms with Gasteiger partial charge in [-0.2, -0.15) is 0 Å². The molecule has 0 bridgehead atoms. The van der Waals surface area contributed by atoms with Crippen molar-refractivity contribution in [1.82, 2.24) is 15.2 Å². The van der Waals surface area contributed by atoms with Crippen LogP contribution >= 0.6 is 0 Å². The number of ether oxygens (including phenoxy) is 1. The van der Waals surface area contributed by atoms with Gasteiger partial charge in [-0.1, -0.05) is 6.07 Å². The van der Waals surface area contributed by atoms with Crippen molar-refractivity contribution in [2.24, 2.45) is 0 Å². The predicted octanol–water partition coefficient (Wildman–Crippen LogP) is 2.22. The first-order valence-corrected chi connectivity index (χ1v) is 7.62. The van der Waals surface area contributed by atoms with Crippen molar-refractivity contribution >= 4 is 5.91 Å². The molecule has 1 N–H and O–H groups in total. The van der Waals surface area contributed by atoms with Crippen molar-refractivity contribution in [2.75, 3.05) is 13.1 Å². The van der Waals surface area contributed by atoms with Crippen LogP contribution in [0.2, 0.25) is 0 Å². The maximum atomic E-state index is 12.2. The molecule has 1 heterocycles. The Bertz CT molecular complexity index is 445.